The minimum Gasteiger partial charge on any atom is -0.391 e. The summed E-state index contributed by atoms with van der Waals surface area (Å²) in [7, 11) is 0. The molecule has 0 saturated carbocycles. The Morgan fingerprint density at radius 2 is 1.48 bits per heavy atom. The predicted molar refractivity (Wildman–Crippen MR) is 89.9 cm³/mol. The van der Waals surface area contributed by atoms with Crippen LogP contribution in [-0.4, -0.2) is 24.9 Å². The Kier molecular flexibility index (Phi) is 5.26. The van der Waals surface area contributed by atoms with Crippen molar-refractivity contribution in [3.8, 4) is 0 Å². The summed E-state index contributed by atoms with van der Waals surface area (Å²) < 4.78 is 2.91. The summed E-state index contributed by atoms with van der Waals surface area (Å²) in [6.45, 7) is 13.9. The van der Waals surface area contributed by atoms with E-state index in [1.807, 2.05) is 20.8 Å². The summed E-state index contributed by atoms with van der Waals surface area (Å²) in [5, 5.41) is 10.3. The lowest BCUT2D eigenvalue weighted by atomic mass is 9.89. The molecule has 7 nitrogen and oxygen atoms in total. The molecule has 0 aliphatic rings. The smallest absolute Gasteiger partial charge is 0.337 e. The lowest BCUT2D eigenvalue weighted by Crippen LogP contribution is -2.59. The van der Waals surface area contributed by atoms with Gasteiger partial charge >= 0.3 is 17.1 Å². The molecule has 0 aliphatic carbocycles. The molecule has 1 aromatic heterocycles. The van der Waals surface area contributed by atoms with Crippen LogP contribution < -0.4 is 17.1 Å². The van der Waals surface area contributed by atoms with Gasteiger partial charge in [0.1, 0.15) is 0 Å². The zero-order valence-electron chi connectivity index (χ0n) is 14.8. The van der Waals surface area contributed by atoms with E-state index in [1.165, 1.54) is 6.08 Å². The van der Waals surface area contributed by atoms with Crippen molar-refractivity contribution < 1.29 is 5.11 Å². The standard InChI is InChI=1S/C16H27N3O4/c1-8-9-17-12(21)18(10-11(20)15(2,3)4)14(23)19(13(17)22)16(5,6)7/h8,11,20H,1,9-10H2,2-7H3. The molecule has 0 aliphatic heterocycles. The van der Waals surface area contributed by atoms with Gasteiger partial charge < -0.3 is 5.11 Å². The number of hydrogen-bond donors (Lipinski definition) is 1. The highest BCUT2D eigenvalue weighted by Crippen LogP contribution is 2.19. The van der Waals surface area contributed by atoms with Gasteiger partial charge in [-0.1, -0.05) is 26.8 Å². The minimum atomic E-state index is -0.906. The first kappa shape index (κ1) is 19.2. The molecular weight excluding hydrogens is 298 g/mol. The molecule has 23 heavy (non-hydrogen) atoms. The van der Waals surface area contributed by atoms with Crippen molar-refractivity contribution in [2.24, 2.45) is 5.41 Å². The Hall–Kier alpha value is -1.89. The van der Waals surface area contributed by atoms with Crippen LogP contribution >= 0.6 is 0 Å². The summed E-state index contributed by atoms with van der Waals surface area (Å²) >= 11 is 0. The van der Waals surface area contributed by atoms with Gasteiger partial charge in [-0.3, -0.25) is 0 Å². The van der Waals surface area contributed by atoms with Gasteiger partial charge in [0.25, 0.3) is 0 Å². The maximum absolute atomic E-state index is 12.7. The molecule has 0 bridgehead atoms. The van der Waals surface area contributed by atoms with Crippen LogP contribution in [0.3, 0.4) is 0 Å². The third-order valence-electron chi connectivity index (χ3n) is 3.64. The van der Waals surface area contributed by atoms with Crippen molar-refractivity contribution >= 4 is 0 Å². The van der Waals surface area contributed by atoms with E-state index in [-0.39, 0.29) is 13.1 Å². The zero-order chi connectivity index (χ0) is 18.2. The van der Waals surface area contributed by atoms with E-state index in [0.717, 1.165) is 13.7 Å². The van der Waals surface area contributed by atoms with Crippen LogP contribution in [0.5, 0.6) is 0 Å². The van der Waals surface area contributed by atoms with Gasteiger partial charge in [0.15, 0.2) is 0 Å². The molecule has 130 valence electrons. The minimum absolute atomic E-state index is 0.000357. The Balaban J connectivity index is 3.74. The van der Waals surface area contributed by atoms with E-state index in [2.05, 4.69) is 6.58 Å². The van der Waals surface area contributed by atoms with E-state index in [0.29, 0.717) is 0 Å². The Morgan fingerprint density at radius 1 is 1.00 bits per heavy atom. The van der Waals surface area contributed by atoms with Crippen LogP contribution in [0.1, 0.15) is 41.5 Å². The number of aromatic nitrogens is 3. The van der Waals surface area contributed by atoms with Crippen LogP contribution in [0.4, 0.5) is 0 Å². The summed E-state index contributed by atoms with van der Waals surface area (Å²) in [4.78, 5) is 37.6. The molecule has 1 rings (SSSR count). The topological polar surface area (TPSA) is 86.2 Å². The first-order chi connectivity index (χ1) is 10.3. The molecular formula is C16H27N3O4. The van der Waals surface area contributed by atoms with Crippen LogP contribution in [0.15, 0.2) is 27.0 Å². The van der Waals surface area contributed by atoms with Crippen LogP contribution in [-0.2, 0) is 18.6 Å². The van der Waals surface area contributed by atoms with Gasteiger partial charge in [-0.05, 0) is 26.2 Å². The number of aliphatic hydroxyl groups excluding tert-OH is 1. The largest absolute Gasteiger partial charge is 0.391 e. The average molecular weight is 325 g/mol. The van der Waals surface area contributed by atoms with Crippen molar-refractivity contribution in [3.63, 3.8) is 0 Å². The van der Waals surface area contributed by atoms with Crippen molar-refractivity contribution in [2.75, 3.05) is 0 Å². The van der Waals surface area contributed by atoms with Gasteiger partial charge in [-0.15, -0.1) is 6.58 Å². The number of allylic oxidation sites excluding steroid dienone is 1. The maximum Gasteiger partial charge on any atom is 0.337 e. The maximum atomic E-state index is 12.7. The summed E-state index contributed by atoms with van der Waals surface area (Å²) in [6.07, 6.45) is 0.515. The zero-order valence-corrected chi connectivity index (χ0v) is 14.8. The second-order valence-electron chi connectivity index (χ2n) is 7.75. The van der Waals surface area contributed by atoms with Crippen molar-refractivity contribution in [1.29, 1.82) is 0 Å². The highest BCUT2D eigenvalue weighted by Gasteiger charge is 2.28. The fraction of sp³-hybridized carbons (Fsp3) is 0.688. The number of hydrogen-bond acceptors (Lipinski definition) is 4. The van der Waals surface area contributed by atoms with Crippen LogP contribution in [0.2, 0.25) is 0 Å². The van der Waals surface area contributed by atoms with E-state index in [1.54, 1.807) is 20.8 Å². The average Bonchev–Trinajstić information content (AvgIpc) is 2.36. The molecule has 0 saturated heterocycles. The monoisotopic (exact) mass is 325 g/mol. The Bertz CT molecular complexity index is 754. The second-order valence-corrected chi connectivity index (χ2v) is 7.75. The van der Waals surface area contributed by atoms with Gasteiger partial charge in [0.2, 0.25) is 0 Å². The first-order valence-electron chi connectivity index (χ1n) is 7.58. The number of rotatable bonds is 4. The van der Waals surface area contributed by atoms with Crippen LogP contribution in [0.25, 0.3) is 0 Å². The summed E-state index contributed by atoms with van der Waals surface area (Å²) in [6, 6.07) is 0. The molecule has 1 heterocycles. The SMILES string of the molecule is C=CCn1c(=O)n(CC(O)C(C)(C)C)c(=O)n(C(C)(C)C)c1=O. The third kappa shape index (κ3) is 3.90. The van der Waals surface area contributed by atoms with E-state index in [9.17, 15) is 19.5 Å². The lowest BCUT2D eigenvalue weighted by Gasteiger charge is -2.28. The molecule has 0 amide bonds. The van der Waals surface area contributed by atoms with Gasteiger partial charge in [0.05, 0.1) is 19.2 Å². The second kappa shape index (κ2) is 6.31. The van der Waals surface area contributed by atoms with Gasteiger partial charge in [-0.2, -0.15) is 0 Å². The predicted octanol–water partition coefficient (Wildman–Crippen LogP) is 0.520. The molecule has 0 spiro atoms. The summed E-state index contributed by atoms with van der Waals surface area (Å²) in [5.41, 5.74) is -3.41. The van der Waals surface area contributed by atoms with E-state index >= 15 is 0 Å². The Morgan fingerprint density at radius 3 is 1.87 bits per heavy atom. The van der Waals surface area contributed by atoms with Gasteiger partial charge in [0, 0.05) is 5.54 Å². The van der Waals surface area contributed by atoms with Crippen molar-refractivity contribution in [2.45, 2.75) is 66.3 Å². The summed E-state index contributed by atoms with van der Waals surface area (Å²) in [5.74, 6) is 0. The highest BCUT2D eigenvalue weighted by atomic mass is 16.3. The Labute approximate surface area is 135 Å². The first-order valence-corrected chi connectivity index (χ1v) is 7.58. The molecule has 1 aromatic rings. The third-order valence-corrected chi connectivity index (χ3v) is 3.64. The number of nitrogens with zero attached hydrogens (tertiary/aromatic N) is 3. The van der Waals surface area contributed by atoms with Crippen molar-refractivity contribution in [3.05, 3.63) is 44.1 Å². The normalized spacial score (nSPS) is 13.9. The van der Waals surface area contributed by atoms with E-state index < -0.39 is 34.1 Å². The quantitative estimate of drug-likeness (QED) is 0.818. The fourth-order valence-electron chi connectivity index (χ4n) is 2.09. The molecule has 0 aromatic carbocycles. The number of aliphatic hydroxyl groups is 1. The fourth-order valence-corrected chi connectivity index (χ4v) is 2.09. The molecule has 1 N–H and O–H groups in total. The van der Waals surface area contributed by atoms with E-state index in [4.69, 9.17) is 0 Å². The molecule has 1 atom stereocenters. The highest BCUT2D eigenvalue weighted by molar-refractivity contribution is 4.88. The molecule has 0 fully saturated rings. The molecule has 7 heteroatoms. The molecule has 1 unspecified atom stereocenters. The van der Waals surface area contributed by atoms with Crippen LogP contribution in [0, 0.1) is 5.41 Å². The molecule has 0 radical (unpaired) electrons. The van der Waals surface area contributed by atoms with Crippen molar-refractivity contribution in [1.82, 2.24) is 13.7 Å². The van der Waals surface area contributed by atoms with Gasteiger partial charge in [-0.25, -0.2) is 28.1 Å². The lowest BCUT2D eigenvalue weighted by molar-refractivity contribution is 0.0442.